The van der Waals surface area contributed by atoms with Crippen molar-refractivity contribution in [1.29, 1.82) is 0 Å². The molecule has 2 fully saturated rings. The minimum Gasteiger partial charge on any atom is -0.465 e. The number of benzene rings is 1. The second-order valence-corrected chi connectivity index (χ2v) is 7.69. The van der Waals surface area contributed by atoms with Crippen molar-refractivity contribution in [3.63, 3.8) is 0 Å². The zero-order valence-electron chi connectivity index (χ0n) is 14.8. The summed E-state index contributed by atoms with van der Waals surface area (Å²) < 4.78 is 11.5. The molecule has 2 saturated heterocycles. The van der Waals surface area contributed by atoms with E-state index in [0.29, 0.717) is 13.2 Å². The molecule has 5 heteroatoms. The third kappa shape index (κ3) is 2.49. The molecule has 0 N–H and O–H groups in total. The summed E-state index contributed by atoms with van der Waals surface area (Å²) in [5.41, 5.74) is 1.24. The van der Waals surface area contributed by atoms with E-state index in [9.17, 15) is 9.59 Å². The van der Waals surface area contributed by atoms with Crippen LogP contribution in [0, 0.1) is 24.7 Å². The van der Waals surface area contributed by atoms with Crippen LogP contribution in [0.15, 0.2) is 36.4 Å². The average molecular weight is 341 g/mol. The number of ether oxygens (including phenoxy) is 2. The number of esters is 1. The van der Waals surface area contributed by atoms with E-state index in [1.165, 1.54) is 0 Å². The molecule has 1 amide bonds. The van der Waals surface area contributed by atoms with Crippen LogP contribution in [0.2, 0.25) is 0 Å². The second kappa shape index (κ2) is 5.70. The lowest BCUT2D eigenvalue weighted by atomic mass is 9.77. The molecule has 0 saturated carbocycles. The molecule has 2 bridgehead atoms. The summed E-state index contributed by atoms with van der Waals surface area (Å²) in [4.78, 5) is 27.5. The molecule has 3 heterocycles. The van der Waals surface area contributed by atoms with Gasteiger partial charge in [0, 0.05) is 5.69 Å². The van der Waals surface area contributed by atoms with Crippen LogP contribution in [-0.4, -0.2) is 36.7 Å². The maximum absolute atomic E-state index is 13.1. The second-order valence-electron chi connectivity index (χ2n) is 7.69. The number of hydrogen-bond donors (Lipinski definition) is 0. The van der Waals surface area contributed by atoms with Gasteiger partial charge in [0.2, 0.25) is 5.91 Å². The molecule has 5 nitrogen and oxygen atoms in total. The van der Waals surface area contributed by atoms with E-state index in [1.54, 1.807) is 4.90 Å². The first-order chi connectivity index (χ1) is 11.9. The number of fused-ring (bicyclic) bond motifs is 1. The number of carbonyl (C=O) groups is 2. The molecule has 1 aromatic rings. The van der Waals surface area contributed by atoms with Crippen LogP contribution in [0.1, 0.15) is 19.4 Å². The SMILES string of the molecule is Cc1cccc(N2CC34C=C[C@@H](O3)[C@H](C(=O)OCC(C)C)[C@@H]4C2=O)c1. The number of carbonyl (C=O) groups excluding carboxylic acids is 2. The largest absolute Gasteiger partial charge is 0.465 e. The van der Waals surface area contributed by atoms with E-state index in [2.05, 4.69) is 0 Å². The Morgan fingerprint density at radius 3 is 2.96 bits per heavy atom. The Kier molecular flexibility index (Phi) is 3.72. The van der Waals surface area contributed by atoms with Crippen molar-refractivity contribution in [2.24, 2.45) is 17.8 Å². The van der Waals surface area contributed by atoms with Gasteiger partial charge in [0.15, 0.2) is 0 Å². The first-order valence-corrected chi connectivity index (χ1v) is 8.83. The van der Waals surface area contributed by atoms with Gasteiger partial charge in [-0.3, -0.25) is 9.59 Å². The highest BCUT2D eigenvalue weighted by Gasteiger charge is 2.67. The van der Waals surface area contributed by atoms with Crippen LogP contribution in [0.4, 0.5) is 5.69 Å². The van der Waals surface area contributed by atoms with Gasteiger partial charge < -0.3 is 14.4 Å². The summed E-state index contributed by atoms with van der Waals surface area (Å²) in [6.45, 7) is 6.79. The topological polar surface area (TPSA) is 55.8 Å². The predicted octanol–water partition coefficient (Wildman–Crippen LogP) is 2.48. The molecular weight excluding hydrogens is 318 g/mol. The highest BCUT2D eigenvalue weighted by atomic mass is 16.6. The molecule has 0 radical (unpaired) electrons. The first-order valence-electron chi connectivity index (χ1n) is 8.83. The van der Waals surface area contributed by atoms with Crippen molar-refractivity contribution in [3.8, 4) is 0 Å². The molecule has 4 atom stereocenters. The predicted molar refractivity (Wildman–Crippen MR) is 93.1 cm³/mol. The first kappa shape index (κ1) is 16.3. The fourth-order valence-electron chi connectivity index (χ4n) is 4.13. The summed E-state index contributed by atoms with van der Waals surface area (Å²) in [7, 11) is 0. The highest BCUT2D eigenvalue weighted by Crippen LogP contribution is 2.52. The molecule has 1 spiro atoms. The monoisotopic (exact) mass is 341 g/mol. The Morgan fingerprint density at radius 1 is 1.44 bits per heavy atom. The summed E-state index contributed by atoms with van der Waals surface area (Å²) in [6.07, 6.45) is 3.51. The van der Waals surface area contributed by atoms with Crippen molar-refractivity contribution in [3.05, 3.63) is 42.0 Å². The fraction of sp³-hybridized carbons (Fsp3) is 0.500. The molecular formula is C20H23NO4. The lowest BCUT2D eigenvalue weighted by Crippen LogP contribution is -2.40. The molecule has 1 unspecified atom stereocenters. The van der Waals surface area contributed by atoms with Crippen LogP contribution in [0.3, 0.4) is 0 Å². The smallest absolute Gasteiger partial charge is 0.312 e. The normalized spacial score (nSPS) is 32.6. The highest BCUT2D eigenvalue weighted by molar-refractivity contribution is 6.02. The van der Waals surface area contributed by atoms with Gasteiger partial charge in [-0.05, 0) is 30.5 Å². The number of anilines is 1. The molecule has 1 aromatic carbocycles. The van der Waals surface area contributed by atoms with Crippen LogP contribution in [0.25, 0.3) is 0 Å². The van der Waals surface area contributed by atoms with E-state index in [0.717, 1.165) is 11.3 Å². The van der Waals surface area contributed by atoms with Crippen LogP contribution < -0.4 is 4.90 Å². The minimum atomic E-state index is -0.701. The van der Waals surface area contributed by atoms with Crippen LogP contribution in [0.5, 0.6) is 0 Å². The number of rotatable bonds is 4. The molecule has 3 aliphatic heterocycles. The van der Waals surface area contributed by atoms with Crippen molar-refractivity contribution in [2.75, 3.05) is 18.1 Å². The number of hydrogen-bond acceptors (Lipinski definition) is 4. The molecule has 3 aliphatic rings. The van der Waals surface area contributed by atoms with Gasteiger partial charge in [-0.1, -0.05) is 38.1 Å². The Labute approximate surface area is 147 Å². The van der Waals surface area contributed by atoms with Crippen molar-refractivity contribution in [1.82, 2.24) is 0 Å². The van der Waals surface area contributed by atoms with Crippen LogP contribution >= 0.6 is 0 Å². The molecule has 25 heavy (non-hydrogen) atoms. The molecule has 4 rings (SSSR count). The third-order valence-electron chi connectivity index (χ3n) is 5.24. The zero-order chi connectivity index (χ0) is 17.8. The van der Waals surface area contributed by atoms with Gasteiger partial charge in [-0.15, -0.1) is 0 Å². The van der Waals surface area contributed by atoms with E-state index < -0.39 is 17.4 Å². The third-order valence-corrected chi connectivity index (χ3v) is 5.24. The Balaban J connectivity index is 1.62. The van der Waals surface area contributed by atoms with Gasteiger partial charge >= 0.3 is 5.97 Å². The van der Waals surface area contributed by atoms with Gasteiger partial charge in [0.25, 0.3) is 0 Å². The van der Waals surface area contributed by atoms with E-state index in [1.807, 2.05) is 57.2 Å². The lowest BCUT2D eigenvalue weighted by Gasteiger charge is -2.23. The van der Waals surface area contributed by atoms with Crippen molar-refractivity contribution in [2.45, 2.75) is 32.5 Å². The number of aryl methyl sites for hydroxylation is 1. The van der Waals surface area contributed by atoms with Crippen LogP contribution in [-0.2, 0) is 19.1 Å². The molecule has 132 valence electrons. The standard InChI is InChI=1S/C20H23NO4/c1-12(2)10-24-19(23)16-15-7-8-20(25-15)11-21(18(22)17(16)20)14-6-4-5-13(3)9-14/h4-9,12,15-17H,10-11H2,1-3H3/t15-,16+,17-,20?/m1/s1. The summed E-state index contributed by atoms with van der Waals surface area (Å²) >= 11 is 0. The zero-order valence-corrected chi connectivity index (χ0v) is 14.8. The lowest BCUT2D eigenvalue weighted by molar-refractivity contribution is -0.153. The molecule has 0 aliphatic carbocycles. The van der Waals surface area contributed by atoms with E-state index in [-0.39, 0.29) is 23.9 Å². The van der Waals surface area contributed by atoms with E-state index >= 15 is 0 Å². The quantitative estimate of drug-likeness (QED) is 0.624. The number of amides is 1. The van der Waals surface area contributed by atoms with Gasteiger partial charge in [0.1, 0.15) is 11.5 Å². The maximum Gasteiger partial charge on any atom is 0.312 e. The van der Waals surface area contributed by atoms with Gasteiger partial charge in [-0.25, -0.2) is 0 Å². The fourth-order valence-corrected chi connectivity index (χ4v) is 4.13. The van der Waals surface area contributed by atoms with Crippen molar-refractivity contribution >= 4 is 17.6 Å². The summed E-state index contributed by atoms with van der Waals surface area (Å²) in [6, 6.07) is 7.84. The number of nitrogens with zero attached hydrogens (tertiary/aromatic N) is 1. The Hall–Kier alpha value is -2.14. The van der Waals surface area contributed by atoms with E-state index in [4.69, 9.17) is 9.47 Å². The minimum absolute atomic E-state index is 0.0519. The summed E-state index contributed by atoms with van der Waals surface area (Å²) in [5, 5.41) is 0. The Morgan fingerprint density at radius 2 is 2.24 bits per heavy atom. The average Bonchev–Trinajstić information content (AvgIpc) is 3.21. The maximum atomic E-state index is 13.1. The van der Waals surface area contributed by atoms with Crippen molar-refractivity contribution < 1.29 is 19.1 Å². The summed E-state index contributed by atoms with van der Waals surface area (Å²) in [5.74, 6) is -1.16. The molecule has 0 aromatic heterocycles. The Bertz CT molecular complexity index is 756. The van der Waals surface area contributed by atoms with Gasteiger partial charge in [-0.2, -0.15) is 0 Å². The van der Waals surface area contributed by atoms with Gasteiger partial charge in [0.05, 0.1) is 25.2 Å².